The zero-order valence-corrected chi connectivity index (χ0v) is 20.7. The lowest BCUT2D eigenvalue weighted by Gasteiger charge is -2.11. The Morgan fingerprint density at radius 3 is 2.19 bits per heavy atom. The second-order valence-corrected chi connectivity index (χ2v) is 8.62. The quantitative estimate of drug-likeness (QED) is 0.222. The Hall–Kier alpha value is -4.58. The first-order valence-electron chi connectivity index (χ1n) is 12.4. The average Bonchev–Trinajstić information content (AvgIpc) is 2.94. The number of aryl methyl sites for hydroxylation is 1. The largest absolute Gasteiger partial charge is 0.494 e. The van der Waals surface area contributed by atoms with Crippen molar-refractivity contribution >= 4 is 23.2 Å². The van der Waals surface area contributed by atoms with Crippen molar-refractivity contribution in [2.45, 2.75) is 19.4 Å². The van der Waals surface area contributed by atoms with Crippen LogP contribution in [0.3, 0.4) is 0 Å². The summed E-state index contributed by atoms with van der Waals surface area (Å²) in [5, 5.41) is 8.86. The SMILES string of the molecule is O=C(CNc1cccc(OCCCc2ccccc2)c1)Nc1cccc(C(=O)NCc2ccccc2)c1. The summed E-state index contributed by atoms with van der Waals surface area (Å²) >= 11 is 0. The lowest BCUT2D eigenvalue weighted by Crippen LogP contribution is -2.24. The first-order chi connectivity index (χ1) is 18.2. The second kappa shape index (κ2) is 13.5. The van der Waals surface area contributed by atoms with E-state index in [9.17, 15) is 9.59 Å². The zero-order chi connectivity index (χ0) is 25.7. The van der Waals surface area contributed by atoms with Crippen LogP contribution in [0.2, 0.25) is 0 Å². The van der Waals surface area contributed by atoms with Crippen molar-refractivity contribution in [1.29, 1.82) is 0 Å². The zero-order valence-electron chi connectivity index (χ0n) is 20.7. The minimum atomic E-state index is -0.212. The van der Waals surface area contributed by atoms with Gasteiger partial charge in [-0.1, -0.05) is 72.8 Å². The number of hydrogen-bond acceptors (Lipinski definition) is 4. The van der Waals surface area contributed by atoms with E-state index < -0.39 is 0 Å². The van der Waals surface area contributed by atoms with Gasteiger partial charge in [0.15, 0.2) is 0 Å². The maximum absolute atomic E-state index is 12.5. The van der Waals surface area contributed by atoms with Crippen LogP contribution in [0.4, 0.5) is 11.4 Å². The van der Waals surface area contributed by atoms with Crippen LogP contribution >= 0.6 is 0 Å². The van der Waals surface area contributed by atoms with Gasteiger partial charge in [-0.25, -0.2) is 0 Å². The number of carbonyl (C=O) groups excluding carboxylic acids is 2. The van der Waals surface area contributed by atoms with Gasteiger partial charge in [0, 0.05) is 29.5 Å². The highest BCUT2D eigenvalue weighted by Crippen LogP contribution is 2.18. The lowest BCUT2D eigenvalue weighted by molar-refractivity contribution is -0.114. The number of anilines is 2. The molecular weight excluding hydrogens is 462 g/mol. The molecule has 0 unspecified atom stereocenters. The third-order valence-corrected chi connectivity index (χ3v) is 5.71. The van der Waals surface area contributed by atoms with Gasteiger partial charge in [0.05, 0.1) is 13.2 Å². The first kappa shape index (κ1) is 25.5. The normalized spacial score (nSPS) is 10.4. The minimum Gasteiger partial charge on any atom is -0.494 e. The summed E-state index contributed by atoms with van der Waals surface area (Å²) in [6, 6.07) is 34.5. The molecule has 4 aromatic carbocycles. The highest BCUT2D eigenvalue weighted by atomic mass is 16.5. The van der Waals surface area contributed by atoms with Crippen molar-refractivity contribution in [2.24, 2.45) is 0 Å². The smallest absolute Gasteiger partial charge is 0.251 e. The average molecular weight is 494 g/mol. The van der Waals surface area contributed by atoms with Gasteiger partial charge in [-0.15, -0.1) is 0 Å². The maximum Gasteiger partial charge on any atom is 0.251 e. The minimum absolute atomic E-state index is 0.0852. The molecule has 0 spiro atoms. The van der Waals surface area contributed by atoms with E-state index >= 15 is 0 Å². The molecule has 6 nitrogen and oxygen atoms in total. The summed E-state index contributed by atoms with van der Waals surface area (Å²) < 4.78 is 5.88. The van der Waals surface area contributed by atoms with Crippen molar-refractivity contribution in [3.63, 3.8) is 0 Å². The Labute approximate surface area is 217 Å². The fourth-order valence-corrected chi connectivity index (χ4v) is 3.81. The standard InChI is InChI=1S/C31H31N3O3/c35-30(34-28-17-7-15-26(20-28)31(36)33-22-25-12-5-2-6-13-25)23-32-27-16-8-18-29(21-27)37-19-9-14-24-10-3-1-4-11-24/h1-8,10-13,15-18,20-21,32H,9,14,19,22-23H2,(H,33,36)(H,34,35). The first-order valence-corrected chi connectivity index (χ1v) is 12.4. The van der Waals surface area contributed by atoms with E-state index in [-0.39, 0.29) is 18.4 Å². The molecule has 0 atom stereocenters. The molecule has 0 aliphatic carbocycles. The third-order valence-electron chi connectivity index (χ3n) is 5.71. The Bertz CT molecular complexity index is 1290. The summed E-state index contributed by atoms with van der Waals surface area (Å²) in [6.07, 6.45) is 1.89. The molecule has 2 amide bonds. The molecule has 0 aliphatic rings. The monoisotopic (exact) mass is 493 g/mol. The number of ether oxygens (including phenoxy) is 1. The van der Waals surface area contributed by atoms with Gasteiger partial charge in [-0.2, -0.15) is 0 Å². The molecule has 0 heterocycles. The van der Waals surface area contributed by atoms with E-state index in [1.165, 1.54) is 5.56 Å². The van der Waals surface area contributed by atoms with Crippen LogP contribution in [0.15, 0.2) is 109 Å². The molecule has 0 bridgehead atoms. The van der Waals surface area contributed by atoms with Crippen LogP contribution in [-0.4, -0.2) is 25.0 Å². The van der Waals surface area contributed by atoms with Crippen molar-refractivity contribution in [1.82, 2.24) is 5.32 Å². The Balaban J connectivity index is 1.21. The predicted octanol–water partition coefficient (Wildman–Crippen LogP) is 5.68. The molecule has 4 aromatic rings. The van der Waals surface area contributed by atoms with Crippen LogP contribution in [-0.2, 0) is 17.8 Å². The van der Waals surface area contributed by atoms with Gasteiger partial charge in [0.1, 0.15) is 5.75 Å². The van der Waals surface area contributed by atoms with E-state index in [4.69, 9.17) is 4.74 Å². The number of hydrogen-bond donors (Lipinski definition) is 3. The number of nitrogens with one attached hydrogen (secondary N) is 3. The van der Waals surface area contributed by atoms with E-state index in [0.717, 1.165) is 29.8 Å². The fourth-order valence-electron chi connectivity index (χ4n) is 3.81. The third kappa shape index (κ3) is 8.54. The van der Waals surface area contributed by atoms with Crippen molar-refractivity contribution in [3.8, 4) is 5.75 Å². The summed E-state index contributed by atoms with van der Waals surface area (Å²) in [6.45, 7) is 1.14. The number of rotatable bonds is 12. The van der Waals surface area contributed by atoms with Crippen LogP contribution in [0.25, 0.3) is 0 Å². The van der Waals surface area contributed by atoms with Gasteiger partial charge < -0.3 is 20.7 Å². The summed E-state index contributed by atoms with van der Waals surface area (Å²) in [5.74, 6) is 0.349. The molecule has 0 radical (unpaired) electrons. The van der Waals surface area contributed by atoms with E-state index in [0.29, 0.717) is 24.4 Å². The second-order valence-electron chi connectivity index (χ2n) is 8.62. The molecule has 0 saturated carbocycles. The molecule has 0 saturated heterocycles. The number of amides is 2. The van der Waals surface area contributed by atoms with E-state index in [1.807, 2.05) is 72.8 Å². The maximum atomic E-state index is 12.5. The number of benzene rings is 4. The Morgan fingerprint density at radius 1 is 0.703 bits per heavy atom. The topological polar surface area (TPSA) is 79.5 Å². The van der Waals surface area contributed by atoms with Crippen LogP contribution in [0.1, 0.15) is 27.9 Å². The van der Waals surface area contributed by atoms with Crippen LogP contribution in [0.5, 0.6) is 5.75 Å². The van der Waals surface area contributed by atoms with Crippen LogP contribution in [0, 0.1) is 0 Å². The highest BCUT2D eigenvalue weighted by molar-refractivity contribution is 5.98. The van der Waals surface area contributed by atoms with Gasteiger partial charge in [-0.3, -0.25) is 9.59 Å². The molecule has 188 valence electrons. The van der Waals surface area contributed by atoms with Gasteiger partial charge >= 0.3 is 0 Å². The molecule has 0 aliphatic heterocycles. The summed E-state index contributed by atoms with van der Waals surface area (Å²) in [5.41, 5.74) is 4.16. The lowest BCUT2D eigenvalue weighted by atomic mass is 10.1. The van der Waals surface area contributed by atoms with E-state index in [2.05, 4.69) is 28.1 Å². The predicted molar refractivity (Wildman–Crippen MR) is 148 cm³/mol. The molecular formula is C31H31N3O3. The van der Waals surface area contributed by atoms with Gasteiger partial charge in [0.25, 0.3) is 5.91 Å². The molecule has 0 aromatic heterocycles. The van der Waals surface area contributed by atoms with Crippen molar-refractivity contribution in [3.05, 3.63) is 126 Å². The summed E-state index contributed by atoms with van der Waals surface area (Å²) in [4.78, 5) is 25.0. The Kier molecular flexibility index (Phi) is 9.30. The Morgan fingerprint density at radius 2 is 1.41 bits per heavy atom. The fraction of sp³-hybridized carbons (Fsp3) is 0.161. The molecule has 37 heavy (non-hydrogen) atoms. The van der Waals surface area contributed by atoms with Gasteiger partial charge in [0.2, 0.25) is 5.91 Å². The van der Waals surface area contributed by atoms with Crippen LogP contribution < -0.4 is 20.7 Å². The van der Waals surface area contributed by atoms with Crippen molar-refractivity contribution in [2.75, 3.05) is 23.8 Å². The van der Waals surface area contributed by atoms with Crippen molar-refractivity contribution < 1.29 is 14.3 Å². The number of carbonyl (C=O) groups is 2. The molecule has 0 fully saturated rings. The summed E-state index contributed by atoms with van der Waals surface area (Å²) in [7, 11) is 0. The molecule has 3 N–H and O–H groups in total. The molecule has 4 rings (SSSR count). The van der Waals surface area contributed by atoms with E-state index in [1.54, 1.807) is 24.3 Å². The highest BCUT2D eigenvalue weighted by Gasteiger charge is 2.08. The van der Waals surface area contributed by atoms with Gasteiger partial charge in [-0.05, 0) is 54.3 Å². The molecule has 6 heteroatoms.